The fourth-order valence-corrected chi connectivity index (χ4v) is 3.82. The smallest absolute Gasteiger partial charge is 0.251 e. The summed E-state index contributed by atoms with van der Waals surface area (Å²) in [6.07, 6.45) is 2.17. The van der Waals surface area contributed by atoms with Crippen molar-refractivity contribution in [3.05, 3.63) is 46.2 Å². The standard InChI is InChI=1S/C17H21N3O.2ClH/c18-14-6-8-19(9-7-14)10-13-11-20-16(21)5-4-12-2-1-3-15(13)17(12)20;;/h1-5,13-14H,6-11,18H2;2*1H. The number of para-hydroxylation sites is 1. The van der Waals surface area contributed by atoms with Crippen LogP contribution in [0.3, 0.4) is 0 Å². The van der Waals surface area contributed by atoms with Crippen LogP contribution in [0.1, 0.15) is 24.3 Å². The fraction of sp³-hybridized carbons (Fsp3) is 0.471. The van der Waals surface area contributed by atoms with E-state index in [9.17, 15) is 4.79 Å². The van der Waals surface area contributed by atoms with Crippen LogP contribution in [-0.2, 0) is 6.54 Å². The van der Waals surface area contributed by atoms with Gasteiger partial charge in [-0.25, -0.2) is 0 Å². The molecule has 4 rings (SSSR count). The number of nitrogens with zero attached hydrogens (tertiary/aromatic N) is 2. The largest absolute Gasteiger partial charge is 0.328 e. The number of benzene rings is 1. The Morgan fingerprint density at radius 1 is 1.09 bits per heavy atom. The second-order valence-corrected chi connectivity index (χ2v) is 6.40. The molecule has 1 saturated heterocycles. The Bertz CT molecular complexity index is 738. The van der Waals surface area contributed by atoms with Gasteiger partial charge in [-0.3, -0.25) is 4.79 Å². The van der Waals surface area contributed by atoms with Crippen LogP contribution in [0.2, 0.25) is 0 Å². The van der Waals surface area contributed by atoms with E-state index in [2.05, 4.69) is 23.1 Å². The quantitative estimate of drug-likeness (QED) is 0.899. The van der Waals surface area contributed by atoms with Gasteiger partial charge in [-0.2, -0.15) is 0 Å². The summed E-state index contributed by atoms with van der Waals surface area (Å²) < 4.78 is 1.95. The Kier molecular flexibility index (Phi) is 5.74. The Balaban J connectivity index is 0.000000960. The van der Waals surface area contributed by atoms with Crippen molar-refractivity contribution in [2.45, 2.75) is 31.3 Å². The number of halogens is 2. The minimum absolute atomic E-state index is 0. The van der Waals surface area contributed by atoms with Crippen LogP contribution in [0.5, 0.6) is 0 Å². The third-order valence-electron chi connectivity index (χ3n) is 4.99. The lowest BCUT2D eigenvalue weighted by Gasteiger charge is -2.32. The van der Waals surface area contributed by atoms with E-state index in [1.54, 1.807) is 6.07 Å². The van der Waals surface area contributed by atoms with Crippen molar-refractivity contribution in [2.75, 3.05) is 19.6 Å². The van der Waals surface area contributed by atoms with E-state index in [1.165, 1.54) is 10.9 Å². The molecule has 1 aromatic carbocycles. The van der Waals surface area contributed by atoms with Crippen LogP contribution in [0, 0.1) is 0 Å². The number of hydrogen-bond acceptors (Lipinski definition) is 3. The fourth-order valence-electron chi connectivity index (χ4n) is 3.82. The molecule has 0 amide bonds. The molecule has 2 aliphatic heterocycles. The molecular weight excluding hydrogens is 333 g/mol. The molecule has 1 fully saturated rings. The second kappa shape index (κ2) is 7.22. The second-order valence-electron chi connectivity index (χ2n) is 6.40. The first-order valence-corrected chi connectivity index (χ1v) is 7.83. The summed E-state index contributed by atoms with van der Waals surface area (Å²) >= 11 is 0. The SMILES string of the molecule is Cl.Cl.NC1CCN(CC2Cn3c(=O)ccc4cccc2c43)CC1. The molecule has 4 nitrogen and oxygen atoms in total. The lowest BCUT2D eigenvalue weighted by Crippen LogP contribution is -2.41. The van der Waals surface area contributed by atoms with Crippen molar-refractivity contribution < 1.29 is 0 Å². The zero-order chi connectivity index (χ0) is 14.4. The Morgan fingerprint density at radius 3 is 2.57 bits per heavy atom. The van der Waals surface area contributed by atoms with Crippen molar-refractivity contribution in [3.8, 4) is 0 Å². The van der Waals surface area contributed by atoms with Gasteiger partial charge in [-0.1, -0.05) is 18.2 Å². The summed E-state index contributed by atoms with van der Waals surface area (Å²) in [4.78, 5) is 14.6. The van der Waals surface area contributed by atoms with Crippen molar-refractivity contribution in [3.63, 3.8) is 0 Å². The molecule has 2 N–H and O–H groups in total. The minimum atomic E-state index is 0. The lowest BCUT2D eigenvalue weighted by molar-refractivity contribution is 0.199. The molecule has 0 bridgehead atoms. The van der Waals surface area contributed by atoms with Gasteiger partial charge in [0.25, 0.3) is 5.56 Å². The van der Waals surface area contributed by atoms with E-state index in [-0.39, 0.29) is 30.4 Å². The number of hydrogen-bond donors (Lipinski definition) is 1. The topological polar surface area (TPSA) is 51.3 Å². The van der Waals surface area contributed by atoms with Crippen molar-refractivity contribution in [1.82, 2.24) is 9.47 Å². The lowest BCUT2D eigenvalue weighted by atomic mass is 9.97. The predicted molar refractivity (Wildman–Crippen MR) is 99.1 cm³/mol. The van der Waals surface area contributed by atoms with Gasteiger partial charge in [-0.15, -0.1) is 24.8 Å². The van der Waals surface area contributed by atoms with Crippen LogP contribution < -0.4 is 11.3 Å². The van der Waals surface area contributed by atoms with E-state index in [0.717, 1.165) is 44.5 Å². The van der Waals surface area contributed by atoms with Crippen molar-refractivity contribution >= 4 is 35.7 Å². The molecule has 0 aliphatic carbocycles. The van der Waals surface area contributed by atoms with Crippen molar-refractivity contribution in [2.24, 2.45) is 5.73 Å². The number of piperidine rings is 1. The summed E-state index contributed by atoms with van der Waals surface area (Å²) in [5.41, 5.74) is 8.58. The van der Waals surface area contributed by atoms with Crippen LogP contribution in [0.15, 0.2) is 35.1 Å². The predicted octanol–water partition coefficient (Wildman–Crippen LogP) is 2.37. The number of rotatable bonds is 2. The number of pyridine rings is 1. The average Bonchev–Trinajstić information content (AvgIpc) is 2.86. The van der Waals surface area contributed by atoms with Crippen LogP contribution in [0.25, 0.3) is 10.9 Å². The first kappa shape index (κ1) is 18.3. The first-order valence-electron chi connectivity index (χ1n) is 7.83. The van der Waals surface area contributed by atoms with E-state index in [4.69, 9.17) is 5.73 Å². The van der Waals surface area contributed by atoms with Gasteiger partial charge >= 0.3 is 0 Å². The van der Waals surface area contributed by atoms with Crippen LogP contribution in [-0.4, -0.2) is 35.1 Å². The highest BCUT2D eigenvalue weighted by molar-refractivity contribution is 5.86. The van der Waals surface area contributed by atoms with Gasteiger partial charge in [0, 0.05) is 31.1 Å². The third kappa shape index (κ3) is 3.26. The molecule has 2 aliphatic rings. The van der Waals surface area contributed by atoms with Crippen LogP contribution >= 0.6 is 24.8 Å². The molecule has 2 aromatic rings. The van der Waals surface area contributed by atoms with Gasteiger partial charge < -0.3 is 15.2 Å². The van der Waals surface area contributed by atoms with Gasteiger partial charge in [-0.05, 0) is 42.9 Å². The molecule has 0 saturated carbocycles. The van der Waals surface area contributed by atoms with Gasteiger partial charge in [0.05, 0.1) is 5.52 Å². The summed E-state index contributed by atoms with van der Waals surface area (Å²) in [7, 11) is 0. The highest BCUT2D eigenvalue weighted by Crippen LogP contribution is 2.33. The minimum Gasteiger partial charge on any atom is -0.328 e. The van der Waals surface area contributed by atoms with E-state index in [1.807, 2.05) is 10.6 Å². The molecule has 1 unspecified atom stereocenters. The molecule has 3 heterocycles. The molecule has 126 valence electrons. The molecular formula is C17H23Cl2N3O. The molecule has 0 spiro atoms. The molecule has 1 aromatic heterocycles. The molecule has 6 heteroatoms. The maximum absolute atomic E-state index is 12.1. The van der Waals surface area contributed by atoms with E-state index in [0.29, 0.717) is 12.0 Å². The molecule has 23 heavy (non-hydrogen) atoms. The Labute approximate surface area is 148 Å². The number of aromatic nitrogens is 1. The monoisotopic (exact) mass is 355 g/mol. The van der Waals surface area contributed by atoms with E-state index < -0.39 is 0 Å². The summed E-state index contributed by atoms with van der Waals surface area (Å²) in [5.74, 6) is 0.429. The Morgan fingerprint density at radius 2 is 1.83 bits per heavy atom. The molecule has 1 atom stereocenters. The first-order chi connectivity index (χ1) is 10.2. The Hall–Kier alpha value is -1.07. The highest BCUT2D eigenvalue weighted by atomic mass is 35.5. The maximum Gasteiger partial charge on any atom is 0.251 e. The highest BCUT2D eigenvalue weighted by Gasteiger charge is 2.27. The summed E-state index contributed by atoms with van der Waals surface area (Å²) in [5, 5.41) is 1.18. The van der Waals surface area contributed by atoms with Crippen molar-refractivity contribution in [1.29, 1.82) is 0 Å². The van der Waals surface area contributed by atoms with Gasteiger partial charge in [0.15, 0.2) is 0 Å². The zero-order valence-electron chi connectivity index (χ0n) is 13.0. The maximum atomic E-state index is 12.1. The normalized spacial score (nSPS) is 21.0. The number of nitrogens with two attached hydrogens (primary N) is 1. The molecule has 0 radical (unpaired) electrons. The zero-order valence-corrected chi connectivity index (χ0v) is 14.6. The summed E-state index contributed by atoms with van der Waals surface area (Å²) in [6, 6.07) is 10.4. The van der Waals surface area contributed by atoms with E-state index >= 15 is 0 Å². The van der Waals surface area contributed by atoms with Crippen LogP contribution in [0.4, 0.5) is 0 Å². The third-order valence-corrected chi connectivity index (χ3v) is 4.99. The van der Waals surface area contributed by atoms with Gasteiger partial charge in [0.1, 0.15) is 0 Å². The van der Waals surface area contributed by atoms with Gasteiger partial charge in [0.2, 0.25) is 0 Å². The average molecular weight is 356 g/mol. The summed E-state index contributed by atoms with van der Waals surface area (Å²) in [6.45, 7) is 4.02. The number of likely N-dealkylation sites (tertiary alicyclic amines) is 1.